The maximum atomic E-state index is 12.5. The smallest absolute Gasteiger partial charge is 0.320 e. The highest BCUT2D eigenvalue weighted by atomic mass is 16.5. The largest absolute Gasteiger partial charge is 0.481 e. The molecule has 150 valence electrons. The number of hydrogen-bond donors (Lipinski definition) is 4. The first-order valence-corrected chi connectivity index (χ1v) is 9.03. The number of rotatable bonds is 8. The molecule has 0 radical (unpaired) electrons. The second-order valence-corrected chi connectivity index (χ2v) is 6.15. The topological polar surface area (TPSA) is 122 Å². The Kier molecular flexibility index (Phi) is 7.76. The van der Waals surface area contributed by atoms with Crippen LogP contribution in [0.3, 0.4) is 0 Å². The van der Waals surface area contributed by atoms with Crippen molar-refractivity contribution >= 4 is 23.4 Å². The number of ether oxygens (including phenoxy) is 2. The third-order valence-electron chi connectivity index (χ3n) is 4.25. The molecule has 8 heteroatoms. The number of nitrogens with two attached hydrogens (primary N) is 1. The van der Waals surface area contributed by atoms with E-state index in [-0.39, 0.29) is 11.9 Å². The lowest BCUT2D eigenvalue weighted by molar-refractivity contribution is 0.183. The Bertz CT molecular complexity index is 811. The summed E-state index contributed by atoms with van der Waals surface area (Å²) in [6, 6.07) is 10.6. The number of methoxy groups -OCH3 is 2. The van der Waals surface area contributed by atoms with E-state index in [9.17, 15) is 4.79 Å². The van der Waals surface area contributed by atoms with Gasteiger partial charge in [-0.05, 0) is 18.4 Å². The predicted molar refractivity (Wildman–Crippen MR) is 110 cm³/mol. The molecule has 0 saturated carbocycles. The number of pyridine rings is 1. The van der Waals surface area contributed by atoms with E-state index < -0.39 is 6.03 Å². The highest BCUT2D eigenvalue weighted by molar-refractivity contribution is 5.99. The summed E-state index contributed by atoms with van der Waals surface area (Å²) in [5, 5.41) is 13.5. The number of nitrogens with zero attached hydrogens (tertiary/aromatic N) is 1. The predicted octanol–water partition coefficient (Wildman–Crippen LogP) is 3.10. The molecule has 0 bridgehead atoms. The zero-order chi connectivity index (χ0) is 20.5. The Morgan fingerprint density at radius 1 is 1.29 bits per heavy atom. The summed E-state index contributed by atoms with van der Waals surface area (Å²) in [5.41, 5.74) is 8.40. The lowest BCUT2D eigenvalue weighted by Crippen LogP contribution is -2.33. The Labute approximate surface area is 165 Å². The van der Waals surface area contributed by atoms with Crippen molar-refractivity contribution in [3.05, 3.63) is 53.2 Å². The number of urea groups is 1. The molecule has 1 atom stereocenters. The molecule has 5 N–H and O–H groups in total. The van der Waals surface area contributed by atoms with Crippen LogP contribution in [0.1, 0.15) is 36.2 Å². The average molecular weight is 385 g/mol. The summed E-state index contributed by atoms with van der Waals surface area (Å²) >= 11 is 0. The molecule has 8 nitrogen and oxygen atoms in total. The third kappa shape index (κ3) is 5.43. The van der Waals surface area contributed by atoms with Crippen molar-refractivity contribution in [3.63, 3.8) is 0 Å². The first-order valence-electron chi connectivity index (χ1n) is 9.03. The molecule has 0 aliphatic heterocycles. The van der Waals surface area contributed by atoms with Gasteiger partial charge in [-0.3, -0.25) is 10.7 Å². The molecule has 0 unspecified atom stereocenters. The molecule has 2 rings (SSSR count). The molecule has 1 aromatic heterocycles. The molecule has 28 heavy (non-hydrogen) atoms. The molecule has 1 heterocycles. The van der Waals surface area contributed by atoms with Crippen LogP contribution in [0.25, 0.3) is 0 Å². The van der Waals surface area contributed by atoms with Crippen LogP contribution in [-0.2, 0) is 15.9 Å². The van der Waals surface area contributed by atoms with E-state index in [1.54, 1.807) is 7.11 Å². The van der Waals surface area contributed by atoms with Crippen LogP contribution in [-0.4, -0.2) is 37.7 Å². The van der Waals surface area contributed by atoms with Gasteiger partial charge in [0.1, 0.15) is 5.82 Å². The number of nitrogens with one attached hydrogen (secondary N) is 3. The van der Waals surface area contributed by atoms with Crippen LogP contribution in [0.15, 0.2) is 36.4 Å². The maximum Gasteiger partial charge on any atom is 0.320 e. The number of amides is 2. The van der Waals surface area contributed by atoms with E-state index in [0.717, 1.165) is 5.56 Å². The van der Waals surface area contributed by atoms with Gasteiger partial charge in [-0.15, -0.1) is 0 Å². The van der Waals surface area contributed by atoms with Gasteiger partial charge in [-0.25, -0.2) is 9.78 Å². The van der Waals surface area contributed by atoms with E-state index in [2.05, 4.69) is 15.6 Å². The number of benzene rings is 1. The Balaban J connectivity index is 2.16. The molecule has 0 spiro atoms. The normalized spacial score (nSPS) is 11.5. The van der Waals surface area contributed by atoms with Crippen LogP contribution < -0.4 is 16.4 Å². The molecule has 0 aliphatic carbocycles. The van der Waals surface area contributed by atoms with Gasteiger partial charge in [0.15, 0.2) is 0 Å². The number of hydrogen-bond acceptors (Lipinski definition) is 6. The van der Waals surface area contributed by atoms with Gasteiger partial charge in [0.05, 0.1) is 24.4 Å². The second-order valence-electron chi connectivity index (χ2n) is 6.15. The van der Waals surface area contributed by atoms with Gasteiger partial charge in [-0.1, -0.05) is 37.3 Å². The van der Waals surface area contributed by atoms with E-state index >= 15 is 0 Å². The zero-order valence-corrected chi connectivity index (χ0v) is 16.4. The van der Waals surface area contributed by atoms with Crippen LogP contribution in [0, 0.1) is 5.41 Å². The van der Waals surface area contributed by atoms with Crippen LogP contribution in [0.5, 0.6) is 0 Å². The Hall–Kier alpha value is -3.13. The maximum absolute atomic E-state index is 12.5. The first kappa shape index (κ1) is 21.2. The second kappa shape index (κ2) is 10.3. The van der Waals surface area contributed by atoms with E-state index in [0.29, 0.717) is 42.2 Å². The van der Waals surface area contributed by atoms with Gasteiger partial charge < -0.3 is 20.5 Å². The van der Waals surface area contributed by atoms with Crippen LogP contribution in [0.4, 0.5) is 16.3 Å². The van der Waals surface area contributed by atoms with Crippen molar-refractivity contribution < 1.29 is 14.3 Å². The fourth-order valence-corrected chi connectivity index (χ4v) is 2.86. The first-order chi connectivity index (χ1) is 13.5. The molecule has 0 aliphatic rings. The van der Waals surface area contributed by atoms with Crippen LogP contribution in [0.2, 0.25) is 0 Å². The molecule has 0 fully saturated rings. The Morgan fingerprint density at radius 2 is 2.00 bits per heavy atom. The molecule has 2 aromatic rings. The molecule has 2 amide bonds. The highest BCUT2D eigenvalue weighted by Gasteiger charge is 2.18. The van der Waals surface area contributed by atoms with E-state index in [4.69, 9.17) is 20.6 Å². The summed E-state index contributed by atoms with van der Waals surface area (Å²) in [6.45, 7) is 2.41. The van der Waals surface area contributed by atoms with Crippen molar-refractivity contribution in [2.45, 2.75) is 25.8 Å². The quantitative estimate of drug-likeness (QED) is 0.411. The SMILES string of the molecule is CCc1nc(NC(=O)N[C@H](CCOC)c2ccccc2)cc(N)c1C(=N)OC. The minimum atomic E-state index is -0.395. The number of nitrogen functional groups attached to an aromatic ring is 1. The van der Waals surface area contributed by atoms with Crippen molar-refractivity contribution in [1.82, 2.24) is 10.3 Å². The zero-order valence-electron chi connectivity index (χ0n) is 16.4. The summed E-state index contributed by atoms with van der Waals surface area (Å²) in [5.74, 6) is 0.264. The van der Waals surface area contributed by atoms with E-state index in [1.807, 2.05) is 37.3 Å². The number of aryl methyl sites for hydroxylation is 1. The van der Waals surface area contributed by atoms with Crippen molar-refractivity contribution in [2.24, 2.45) is 0 Å². The minimum absolute atomic E-state index is 0.0541. The monoisotopic (exact) mass is 385 g/mol. The van der Waals surface area contributed by atoms with Crippen LogP contribution >= 0.6 is 0 Å². The van der Waals surface area contributed by atoms with Gasteiger partial charge in [0, 0.05) is 25.5 Å². The number of carbonyl (C=O) groups is 1. The molecule has 0 saturated heterocycles. The number of carbonyl (C=O) groups excluding carboxylic acids is 1. The standard InChI is InChI=1S/C20H27N5O3/c1-4-15-18(19(22)28-3)14(21)12-17(23-15)25-20(26)24-16(10-11-27-2)13-8-6-5-7-9-13/h5-9,12,16,22H,4,10-11H2,1-3H3,(H4,21,23,24,25,26)/t16-/m1/s1. The fourth-order valence-electron chi connectivity index (χ4n) is 2.86. The van der Waals surface area contributed by atoms with Gasteiger partial charge in [0.2, 0.25) is 5.90 Å². The molecule has 1 aromatic carbocycles. The van der Waals surface area contributed by atoms with Gasteiger partial charge in [-0.2, -0.15) is 0 Å². The minimum Gasteiger partial charge on any atom is -0.481 e. The summed E-state index contributed by atoms with van der Waals surface area (Å²) < 4.78 is 10.1. The lowest BCUT2D eigenvalue weighted by Gasteiger charge is -2.20. The van der Waals surface area contributed by atoms with Crippen molar-refractivity contribution in [1.29, 1.82) is 5.41 Å². The van der Waals surface area contributed by atoms with E-state index in [1.165, 1.54) is 13.2 Å². The number of aromatic nitrogens is 1. The fraction of sp³-hybridized carbons (Fsp3) is 0.350. The molecular formula is C20H27N5O3. The van der Waals surface area contributed by atoms with Gasteiger partial charge in [0.25, 0.3) is 0 Å². The summed E-state index contributed by atoms with van der Waals surface area (Å²) in [6.07, 6.45) is 1.18. The van der Waals surface area contributed by atoms with Crippen molar-refractivity contribution in [2.75, 3.05) is 31.9 Å². The third-order valence-corrected chi connectivity index (χ3v) is 4.25. The average Bonchev–Trinajstić information content (AvgIpc) is 2.70. The van der Waals surface area contributed by atoms with Gasteiger partial charge >= 0.3 is 6.03 Å². The summed E-state index contributed by atoms with van der Waals surface area (Å²) in [7, 11) is 3.03. The van der Waals surface area contributed by atoms with Crippen molar-refractivity contribution in [3.8, 4) is 0 Å². The lowest BCUT2D eigenvalue weighted by atomic mass is 10.0. The number of anilines is 2. The Morgan fingerprint density at radius 3 is 2.61 bits per heavy atom. The highest BCUT2D eigenvalue weighted by Crippen LogP contribution is 2.22. The molecular weight excluding hydrogens is 358 g/mol. The summed E-state index contributed by atoms with van der Waals surface area (Å²) in [4.78, 5) is 16.9.